The number of ether oxygens (including phenoxy) is 2. The number of rotatable bonds is 10. The second kappa shape index (κ2) is 9.99. The van der Waals surface area contributed by atoms with Gasteiger partial charge in [-0.25, -0.2) is 0 Å². The minimum absolute atomic E-state index is 0.0151. The first kappa shape index (κ1) is 15.8. The molecule has 5 nitrogen and oxygen atoms in total. The van der Waals surface area contributed by atoms with Gasteiger partial charge in [0.05, 0.1) is 19.8 Å². The molecule has 0 saturated heterocycles. The van der Waals surface area contributed by atoms with Crippen molar-refractivity contribution in [1.29, 1.82) is 0 Å². The fourth-order valence-electron chi connectivity index (χ4n) is 1.65. The Labute approximate surface area is 98.5 Å². The number of hydrogen-bond donors (Lipinski definition) is 2. The second-order valence-corrected chi connectivity index (χ2v) is 3.84. The van der Waals surface area contributed by atoms with Crippen molar-refractivity contribution in [2.24, 2.45) is 5.73 Å². The summed E-state index contributed by atoms with van der Waals surface area (Å²) in [5.74, 6) is 0. The summed E-state index contributed by atoms with van der Waals surface area (Å²) >= 11 is 0. The molecule has 0 aliphatic carbocycles. The Morgan fingerprint density at radius 3 is 2.00 bits per heavy atom. The molecule has 0 aromatic rings. The van der Waals surface area contributed by atoms with E-state index >= 15 is 0 Å². The van der Waals surface area contributed by atoms with Gasteiger partial charge in [0.25, 0.3) is 0 Å². The summed E-state index contributed by atoms with van der Waals surface area (Å²) in [4.78, 5) is 2.13. The molecular weight excluding hydrogens is 208 g/mol. The molecule has 98 valence electrons. The van der Waals surface area contributed by atoms with Crippen LogP contribution in [0.1, 0.15) is 13.3 Å². The lowest BCUT2D eigenvalue weighted by atomic mass is 10.1. The third-order valence-electron chi connectivity index (χ3n) is 2.79. The highest BCUT2D eigenvalue weighted by Gasteiger charge is 2.22. The van der Waals surface area contributed by atoms with Gasteiger partial charge in [-0.1, -0.05) is 6.92 Å². The number of aliphatic hydroxyl groups is 1. The molecule has 0 aromatic heterocycles. The van der Waals surface area contributed by atoms with Crippen molar-refractivity contribution in [2.45, 2.75) is 25.4 Å². The standard InChI is InChI=1S/C11H26N2O3/c1-4-10(12)11(9-14)13(5-7-15-2)6-8-16-3/h10-11,14H,4-9,12H2,1-3H3. The molecule has 0 heterocycles. The van der Waals surface area contributed by atoms with E-state index in [-0.39, 0.29) is 18.7 Å². The van der Waals surface area contributed by atoms with E-state index in [4.69, 9.17) is 15.2 Å². The summed E-state index contributed by atoms with van der Waals surface area (Å²) in [5, 5.41) is 9.39. The maximum atomic E-state index is 9.39. The first-order valence-electron chi connectivity index (χ1n) is 5.79. The number of nitrogens with zero attached hydrogens (tertiary/aromatic N) is 1. The molecule has 3 N–H and O–H groups in total. The van der Waals surface area contributed by atoms with E-state index in [2.05, 4.69) is 4.90 Å². The van der Waals surface area contributed by atoms with Gasteiger partial charge in [-0.05, 0) is 6.42 Å². The van der Waals surface area contributed by atoms with Gasteiger partial charge in [0.1, 0.15) is 0 Å². The van der Waals surface area contributed by atoms with E-state index in [1.807, 2.05) is 6.92 Å². The van der Waals surface area contributed by atoms with Crippen molar-refractivity contribution in [2.75, 3.05) is 47.1 Å². The third kappa shape index (κ3) is 5.77. The van der Waals surface area contributed by atoms with E-state index in [1.54, 1.807) is 14.2 Å². The molecule has 0 aromatic carbocycles. The van der Waals surface area contributed by atoms with Crippen LogP contribution in [0.4, 0.5) is 0 Å². The average Bonchev–Trinajstić information content (AvgIpc) is 2.32. The summed E-state index contributed by atoms with van der Waals surface area (Å²) in [6.07, 6.45) is 0.849. The molecule has 0 rings (SSSR count). The highest BCUT2D eigenvalue weighted by molar-refractivity contribution is 4.80. The van der Waals surface area contributed by atoms with E-state index in [0.717, 1.165) is 19.5 Å². The van der Waals surface area contributed by atoms with Crippen LogP contribution in [0.25, 0.3) is 0 Å². The van der Waals surface area contributed by atoms with Crippen LogP contribution in [0.5, 0.6) is 0 Å². The summed E-state index contributed by atoms with van der Waals surface area (Å²) in [6.45, 7) is 4.89. The minimum atomic E-state index is -0.0182. The lowest BCUT2D eigenvalue weighted by Crippen LogP contribution is -2.51. The maximum absolute atomic E-state index is 9.39. The fraction of sp³-hybridized carbons (Fsp3) is 1.00. The van der Waals surface area contributed by atoms with E-state index < -0.39 is 0 Å². The van der Waals surface area contributed by atoms with Gasteiger partial charge in [0, 0.05) is 39.4 Å². The molecule has 0 aliphatic heterocycles. The lowest BCUT2D eigenvalue weighted by molar-refractivity contribution is 0.0519. The van der Waals surface area contributed by atoms with Crippen molar-refractivity contribution >= 4 is 0 Å². The van der Waals surface area contributed by atoms with Crippen LogP contribution < -0.4 is 5.73 Å². The van der Waals surface area contributed by atoms with Gasteiger partial charge in [-0.15, -0.1) is 0 Å². The molecule has 2 unspecified atom stereocenters. The van der Waals surface area contributed by atoms with Crippen molar-refractivity contribution in [3.63, 3.8) is 0 Å². The quantitative estimate of drug-likeness (QED) is 0.542. The summed E-state index contributed by atoms with van der Waals surface area (Å²) in [7, 11) is 3.34. The number of nitrogens with two attached hydrogens (primary N) is 1. The average molecular weight is 234 g/mol. The molecule has 0 amide bonds. The molecule has 0 saturated carbocycles. The molecule has 0 fully saturated rings. The Balaban J connectivity index is 4.29. The fourth-order valence-corrected chi connectivity index (χ4v) is 1.65. The summed E-state index contributed by atoms with van der Waals surface area (Å²) in [6, 6.07) is -0.0333. The Hall–Kier alpha value is -0.200. The zero-order chi connectivity index (χ0) is 12.4. The number of aliphatic hydroxyl groups excluding tert-OH is 1. The molecule has 5 heteroatoms. The predicted molar refractivity (Wildman–Crippen MR) is 64.5 cm³/mol. The van der Waals surface area contributed by atoms with Crippen LogP contribution in [0.15, 0.2) is 0 Å². The first-order valence-corrected chi connectivity index (χ1v) is 5.79. The van der Waals surface area contributed by atoms with Gasteiger partial charge in [-0.3, -0.25) is 4.90 Å². The van der Waals surface area contributed by atoms with Crippen LogP contribution in [0.3, 0.4) is 0 Å². The molecule has 2 atom stereocenters. The lowest BCUT2D eigenvalue weighted by Gasteiger charge is -2.33. The van der Waals surface area contributed by atoms with Crippen LogP contribution in [0.2, 0.25) is 0 Å². The second-order valence-electron chi connectivity index (χ2n) is 3.84. The molecule has 0 bridgehead atoms. The SMILES string of the molecule is CCC(N)C(CO)N(CCOC)CCOC. The van der Waals surface area contributed by atoms with Crippen LogP contribution >= 0.6 is 0 Å². The normalized spacial score (nSPS) is 15.4. The molecule has 0 spiro atoms. The number of methoxy groups -OCH3 is 2. The zero-order valence-corrected chi connectivity index (χ0v) is 10.7. The minimum Gasteiger partial charge on any atom is -0.395 e. The molecule has 0 radical (unpaired) electrons. The Bertz CT molecular complexity index is 150. The van der Waals surface area contributed by atoms with Gasteiger partial charge in [-0.2, -0.15) is 0 Å². The largest absolute Gasteiger partial charge is 0.395 e. The van der Waals surface area contributed by atoms with Gasteiger partial charge < -0.3 is 20.3 Å². The van der Waals surface area contributed by atoms with E-state index in [1.165, 1.54) is 0 Å². The van der Waals surface area contributed by atoms with Crippen LogP contribution in [-0.2, 0) is 9.47 Å². The number of hydrogen-bond acceptors (Lipinski definition) is 5. The van der Waals surface area contributed by atoms with Crippen LogP contribution in [0, 0.1) is 0 Å². The third-order valence-corrected chi connectivity index (χ3v) is 2.79. The Morgan fingerprint density at radius 2 is 1.69 bits per heavy atom. The summed E-state index contributed by atoms with van der Waals surface area (Å²) < 4.78 is 10.1. The van der Waals surface area contributed by atoms with Gasteiger partial charge >= 0.3 is 0 Å². The maximum Gasteiger partial charge on any atom is 0.0601 e. The Kier molecular flexibility index (Phi) is 9.86. The van der Waals surface area contributed by atoms with E-state index in [9.17, 15) is 5.11 Å². The van der Waals surface area contributed by atoms with Gasteiger partial charge in [0.15, 0.2) is 0 Å². The van der Waals surface area contributed by atoms with E-state index in [0.29, 0.717) is 13.2 Å². The van der Waals surface area contributed by atoms with Crippen LogP contribution in [-0.4, -0.2) is 69.2 Å². The molecule has 0 aliphatic rings. The summed E-state index contributed by atoms with van der Waals surface area (Å²) in [5.41, 5.74) is 5.99. The molecular formula is C11H26N2O3. The molecule has 16 heavy (non-hydrogen) atoms. The predicted octanol–water partition coefficient (Wildman–Crippen LogP) is -0.321. The topological polar surface area (TPSA) is 68.0 Å². The zero-order valence-electron chi connectivity index (χ0n) is 10.7. The highest BCUT2D eigenvalue weighted by atomic mass is 16.5. The van der Waals surface area contributed by atoms with Crippen molar-refractivity contribution in [3.8, 4) is 0 Å². The van der Waals surface area contributed by atoms with Crippen molar-refractivity contribution in [3.05, 3.63) is 0 Å². The van der Waals surface area contributed by atoms with Crippen molar-refractivity contribution in [1.82, 2.24) is 4.90 Å². The first-order chi connectivity index (χ1) is 7.71. The van der Waals surface area contributed by atoms with Crippen molar-refractivity contribution < 1.29 is 14.6 Å². The smallest absolute Gasteiger partial charge is 0.0601 e. The Morgan fingerprint density at radius 1 is 1.19 bits per heavy atom. The highest BCUT2D eigenvalue weighted by Crippen LogP contribution is 2.06. The monoisotopic (exact) mass is 234 g/mol. The van der Waals surface area contributed by atoms with Gasteiger partial charge in [0.2, 0.25) is 0 Å².